The van der Waals surface area contributed by atoms with Gasteiger partial charge in [0.05, 0.1) is 22.9 Å². The monoisotopic (exact) mass is 375 g/mol. The predicted octanol–water partition coefficient (Wildman–Crippen LogP) is 3.95. The number of benzene rings is 1. The zero-order chi connectivity index (χ0) is 18.5. The van der Waals surface area contributed by atoms with Crippen molar-refractivity contribution in [2.24, 2.45) is 0 Å². The fourth-order valence-electron chi connectivity index (χ4n) is 3.70. The Morgan fingerprint density at radius 3 is 2.96 bits per heavy atom. The minimum Gasteiger partial charge on any atom is -0.383 e. The van der Waals surface area contributed by atoms with Crippen molar-refractivity contribution in [3.63, 3.8) is 0 Å². The van der Waals surface area contributed by atoms with Crippen LogP contribution in [0.4, 0.5) is 0 Å². The van der Waals surface area contributed by atoms with Crippen molar-refractivity contribution >= 4 is 28.7 Å². The van der Waals surface area contributed by atoms with Gasteiger partial charge in [-0.2, -0.15) is 0 Å². The number of fused-ring (bicyclic) bond motifs is 1. The van der Waals surface area contributed by atoms with Gasteiger partial charge in [0.25, 0.3) is 0 Å². The third-order valence-corrected chi connectivity index (χ3v) is 6.23. The first-order valence-corrected chi connectivity index (χ1v) is 10.4. The largest absolute Gasteiger partial charge is 0.383 e. The van der Waals surface area contributed by atoms with E-state index in [1.807, 2.05) is 25.1 Å². The molecule has 1 amide bonds. The quantitative estimate of drug-likeness (QED) is 0.688. The van der Waals surface area contributed by atoms with Crippen LogP contribution in [0.3, 0.4) is 0 Å². The lowest BCUT2D eigenvalue weighted by Crippen LogP contribution is -2.46. The predicted molar refractivity (Wildman–Crippen MR) is 107 cm³/mol. The van der Waals surface area contributed by atoms with E-state index in [0.717, 1.165) is 48.5 Å². The molecular formula is C20H29N3O2S. The molecule has 3 rings (SSSR count). The number of aromatic nitrogens is 2. The van der Waals surface area contributed by atoms with Crippen molar-refractivity contribution in [1.82, 2.24) is 14.5 Å². The second-order valence-corrected chi connectivity index (χ2v) is 8.19. The van der Waals surface area contributed by atoms with Crippen LogP contribution in [0.25, 0.3) is 11.0 Å². The number of imidazole rings is 1. The van der Waals surface area contributed by atoms with Gasteiger partial charge in [-0.3, -0.25) is 4.79 Å². The number of hydrogen-bond acceptors (Lipinski definition) is 4. The van der Waals surface area contributed by atoms with Crippen molar-refractivity contribution in [3.8, 4) is 0 Å². The molecule has 1 aromatic carbocycles. The van der Waals surface area contributed by atoms with Crippen molar-refractivity contribution in [2.75, 3.05) is 20.3 Å². The number of amides is 1. The van der Waals surface area contributed by atoms with Crippen LogP contribution in [-0.4, -0.2) is 51.9 Å². The molecule has 2 aromatic rings. The first-order valence-electron chi connectivity index (χ1n) is 9.57. The first-order chi connectivity index (χ1) is 12.7. The second kappa shape index (κ2) is 8.91. The van der Waals surface area contributed by atoms with E-state index in [0.29, 0.717) is 12.6 Å². The van der Waals surface area contributed by atoms with Gasteiger partial charge >= 0.3 is 0 Å². The molecule has 0 aliphatic carbocycles. The van der Waals surface area contributed by atoms with Crippen molar-refractivity contribution in [2.45, 2.75) is 62.5 Å². The van der Waals surface area contributed by atoms with Crippen molar-refractivity contribution in [3.05, 3.63) is 24.3 Å². The molecule has 1 fully saturated rings. The number of piperidine rings is 1. The highest BCUT2D eigenvalue weighted by Gasteiger charge is 2.30. The molecule has 0 saturated carbocycles. The van der Waals surface area contributed by atoms with E-state index in [2.05, 4.69) is 22.5 Å². The lowest BCUT2D eigenvalue weighted by Gasteiger charge is -2.36. The van der Waals surface area contributed by atoms with Crippen LogP contribution in [0.15, 0.2) is 29.4 Å². The maximum atomic E-state index is 13.1. The van der Waals surface area contributed by atoms with E-state index >= 15 is 0 Å². The summed E-state index contributed by atoms with van der Waals surface area (Å²) < 4.78 is 7.43. The Morgan fingerprint density at radius 1 is 1.38 bits per heavy atom. The van der Waals surface area contributed by atoms with Gasteiger partial charge < -0.3 is 14.2 Å². The molecule has 0 bridgehead atoms. The number of hydrogen-bond donors (Lipinski definition) is 0. The van der Waals surface area contributed by atoms with Gasteiger partial charge in [0.2, 0.25) is 5.91 Å². The molecule has 6 heteroatoms. The summed E-state index contributed by atoms with van der Waals surface area (Å²) in [4.78, 5) is 19.9. The molecule has 1 aromatic heterocycles. The molecule has 0 spiro atoms. The van der Waals surface area contributed by atoms with Crippen LogP contribution < -0.4 is 0 Å². The molecule has 142 valence electrons. The van der Waals surface area contributed by atoms with E-state index in [1.165, 1.54) is 6.42 Å². The van der Waals surface area contributed by atoms with Gasteiger partial charge in [-0.15, -0.1) is 0 Å². The lowest BCUT2D eigenvalue weighted by molar-refractivity contribution is -0.134. The van der Waals surface area contributed by atoms with E-state index in [9.17, 15) is 4.79 Å². The Morgan fingerprint density at radius 2 is 2.19 bits per heavy atom. The van der Waals surface area contributed by atoms with Gasteiger partial charge in [-0.1, -0.05) is 30.8 Å². The summed E-state index contributed by atoms with van der Waals surface area (Å²) in [5, 5.41) is 0.759. The molecule has 5 nitrogen and oxygen atoms in total. The molecule has 1 aliphatic heterocycles. The fourth-order valence-corrected chi connectivity index (χ4v) is 4.72. The summed E-state index contributed by atoms with van der Waals surface area (Å²) in [6.45, 7) is 6.44. The topological polar surface area (TPSA) is 47.4 Å². The molecule has 0 radical (unpaired) electrons. The molecule has 1 saturated heterocycles. The van der Waals surface area contributed by atoms with Gasteiger partial charge in [0.1, 0.15) is 0 Å². The van der Waals surface area contributed by atoms with E-state index < -0.39 is 0 Å². The number of nitrogens with zero attached hydrogens (tertiary/aromatic N) is 3. The standard InChI is InChI=1S/C20H29N3O2S/c1-4-16-9-7-8-12-22(16)19(24)15(2)26-20-21-17-10-5-6-11-18(17)23(20)13-14-25-3/h5-6,10-11,15-16H,4,7-9,12-14H2,1-3H3. The average molecular weight is 376 g/mol. The summed E-state index contributed by atoms with van der Waals surface area (Å²) in [5.74, 6) is 0.242. The molecule has 0 N–H and O–H groups in total. The Kier molecular flexibility index (Phi) is 6.59. The third kappa shape index (κ3) is 4.07. The van der Waals surface area contributed by atoms with Crippen molar-refractivity contribution < 1.29 is 9.53 Å². The molecular weight excluding hydrogens is 346 g/mol. The number of likely N-dealkylation sites (tertiary alicyclic amines) is 1. The van der Waals surface area contributed by atoms with Crippen LogP contribution in [0.2, 0.25) is 0 Å². The van der Waals surface area contributed by atoms with Gasteiger partial charge in [-0.05, 0) is 44.7 Å². The summed E-state index contributed by atoms with van der Waals surface area (Å²) >= 11 is 1.57. The van der Waals surface area contributed by atoms with Crippen LogP contribution in [-0.2, 0) is 16.1 Å². The van der Waals surface area contributed by atoms with Gasteiger partial charge in [0, 0.05) is 26.2 Å². The Hall–Kier alpha value is -1.53. The normalized spacial score (nSPS) is 19.0. The number of thioether (sulfide) groups is 1. The Bertz CT molecular complexity index is 746. The highest BCUT2D eigenvalue weighted by Crippen LogP contribution is 2.30. The molecule has 1 aliphatic rings. The number of ether oxygens (including phenoxy) is 1. The lowest BCUT2D eigenvalue weighted by atomic mass is 10.00. The summed E-state index contributed by atoms with van der Waals surface area (Å²) in [7, 11) is 1.71. The number of carbonyl (C=O) groups is 1. The average Bonchev–Trinajstić information content (AvgIpc) is 3.02. The maximum Gasteiger partial charge on any atom is 0.236 e. The second-order valence-electron chi connectivity index (χ2n) is 6.88. The highest BCUT2D eigenvalue weighted by atomic mass is 32.2. The molecule has 2 heterocycles. The van der Waals surface area contributed by atoms with E-state index in [1.54, 1.807) is 18.9 Å². The number of rotatable bonds is 7. The van der Waals surface area contributed by atoms with E-state index in [-0.39, 0.29) is 11.2 Å². The van der Waals surface area contributed by atoms with E-state index in [4.69, 9.17) is 9.72 Å². The zero-order valence-electron chi connectivity index (χ0n) is 16.0. The number of para-hydroxylation sites is 2. The van der Waals surface area contributed by atoms with Crippen LogP contribution >= 0.6 is 11.8 Å². The zero-order valence-corrected chi connectivity index (χ0v) is 16.8. The summed E-state index contributed by atoms with van der Waals surface area (Å²) in [6.07, 6.45) is 4.52. The minimum absolute atomic E-state index is 0.139. The summed E-state index contributed by atoms with van der Waals surface area (Å²) in [5.41, 5.74) is 2.06. The van der Waals surface area contributed by atoms with Crippen LogP contribution in [0.5, 0.6) is 0 Å². The Labute approximate surface area is 160 Å². The van der Waals surface area contributed by atoms with Gasteiger partial charge in [0.15, 0.2) is 5.16 Å². The summed E-state index contributed by atoms with van der Waals surface area (Å²) in [6, 6.07) is 8.51. The van der Waals surface area contributed by atoms with Crippen LogP contribution in [0, 0.1) is 0 Å². The highest BCUT2D eigenvalue weighted by molar-refractivity contribution is 8.00. The number of methoxy groups -OCH3 is 1. The number of carbonyl (C=O) groups excluding carboxylic acids is 1. The molecule has 26 heavy (non-hydrogen) atoms. The fraction of sp³-hybridized carbons (Fsp3) is 0.600. The first kappa shape index (κ1) is 19.2. The molecule has 2 atom stereocenters. The maximum absolute atomic E-state index is 13.1. The minimum atomic E-state index is -0.139. The smallest absolute Gasteiger partial charge is 0.236 e. The third-order valence-electron chi connectivity index (χ3n) is 5.15. The molecule has 2 unspecified atom stereocenters. The van der Waals surface area contributed by atoms with Gasteiger partial charge in [-0.25, -0.2) is 4.98 Å². The van der Waals surface area contributed by atoms with Crippen LogP contribution in [0.1, 0.15) is 39.5 Å². The SMILES string of the molecule is CCC1CCCCN1C(=O)C(C)Sc1nc2ccccc2n1CCOC. The Balaban J connectivity index is 1.79. The van der Waals surface area contributed by atoms with Crippen molar-refractivity contribution in [1.29, 1.82) is 0 Å².